The van der Waals surface area contributed by atoms with E-state index in [1.54, 1.807) is 6.07 Å². The lowest BCUT2D eigenvalue weighted by Gasteiger charge is -2.07. The maximum absolute atomic E-state index is 12.4. The monoisotopic (exact) mass is 265 g/mol. The molecule has 1 aromatic carbocycles. The molecule has 0 amide bonds. The van der Waals surface area contributed by atoms with Crippen molar-refractivity contribution in [3.05, 3.63) is 28.8 Å². The Labute approximate surface area is 95.7 Å². The Morgan fingerprint density at radius 2 is 2.00 bits per heavy atom. The molecule has 0 N–H and O–H groups in total. The highest BCUT2D eigenvalue weighted by Crippen LogP contribution is 2.28. The molecule has 7 heteroatoms. The second-order valence-electron chi connectivity index (χ2n) is 3.04. The highest BCUT2D eigenvalue weighted by atomic mass is 35.7. The van der Waals surface area contributed by atoms with E-state index in [1.807, 2.05) is 0 Å². The quantitative estimate of drug-likeness (QED) is 0.773. The third-order valence-corrected chi connectivity index (χ3v) is 3.47. The first-order valence-corrected chi connectivity index (χ1v) is 6.35. The minimum atomic E-state index is -4.13. The molecule has 0 saturated heterocycles. The summed E-state index contributed by atoms with van der Waals surface area (Å²) in [6.45, 7) is 1.34. The first kappa shape index (κ1) is 12.9. The van der Waals surface area contributed by atoms with Gasteiger partial charge in [0.05, 0.1) is 16.5 Å². The summed E-state index contributed by atoms with van der Waals surface area (Å²) in [6, 6.07) is 3.38. The van der Waals surface area contributed by atoms with Gasteiger partial charge in [-0.1, -0.05) is 0 Å². The third-order valence-electron chi connectivity index (χ3n) is 2.02. The van der Waals surface area contributed by atoms with Gasteiger partial charge < -0.3 is 0 Å². The number of nitrogens with zero attached hydrogens (tertiary/aromatic N) is 1. The molecule has 0 atom stereocenters. The Hall–Kier alpha value is -1.19. The molecule has 0 aliphatic carbocycles. The van der Waals surface area contributed by atoms with E-state index in [0.717, 1.165) is 12.1 Å². The third kappa shape index (κ3) is 2.49. The Bertz CT molecular complexity index is 564. The van der Waals surface area contributed by atoms with Gasteiger partial charge in [-0.2, -0.15) is 5.26 Å². The predicted octanol–water partition coefficient (Wildman–Crippen LogP) is 2.73. The Morgan fingerprint density at radius 3 is 2.38 bits per heavy atom. The van der Waals surface area contributed by atoms with Crippen LogP contribution in [0.5, 0.6) is 0 Å². The molecule has 0 fully saturated rings. The van der Waals surface area contributed by atoms with Gasteiger partial charge in [-0.15, -0.1) is 0 Å². The van der Waals surface area contributed by atoms with E-state index in [4.69, 9.17) is 15.9 Å². The maximum Gasteiger partial charge on any atom is 0.263 e. The minimum Gasteiger partial charge on any atom is -0.207 e. The average Bonchev–Trinajstić information content (AvgIpc) is 2.15. The Balaban J connectivity index is 3.63. The van der Waals surface area contributed by atoms with E-state index in [9.17, 15) is 17.2 Å². The molecule has 3 nitrogen and oxygen atoms in total. The number of benzene rings is 1. The number of rotatable bonds is 2. The van der Waals surface area contributed by atoms with Crippen LogP contribution in [-0.4, -0.2) is 8.42 Å². The fourth-order valence-electron chi connectivity index (χ4n) is 1.20. The molecule has 16 heavy (non-hydrogen) atoms. The number of alkyl halides is 2. The molecule has 0 aliphatic heterocycles. The number of nitriles is 1. The molecule has 1 aromatic rings. The Morgan fingerprint density at radius 1 is 1.44 bits per heavy atom. The van der Waals surface area contributed by atoms with Gasteiger partial charge in [0.15, 0.2) is 0 Å². The zero-order chi connectivity index (χ0) is 12.5. The summed E-state index contributed by atoms with van der Waals surface area (Å²) >= 11 is 0. The van der Waals surface area contributed by atoms with Crippen LogP contribution in [-0.2, 0) is 9.05 Å². The molecule has 0 heterocycles. The van der Waals surface area contributed by atoms with Crippen LogP contribution in [0.15, 0.2) is 17.0 Å². The van der Waals surface area contributed by atoms with Gasteiger partial charge >= 0.3 is 0 Å². The predicted molar refractivity (Wildman–Crippen MR) is 53.9 cm³/mol. The van der Waals surface area contributed by atoms with E-state index >= 15 is 0 Å². The summed E-state index contributed by atoms with van der Waals surface area (Å²) in [7, 11) is 0.953. The van der Waals surface area contributed by atoms with E-state index in [2.05, 4.69) is 0 Å². The lowest BCUT2D eigenvalue weighted by molar-refractivity contribution is 0.151. The largest absolute Gasteiger partial charge is 0.263 e. The molecule has 0 unspecified atom stereocenters. The zero-order valence-electron chi connectivity index (χ0n) is 8.04. The second-order valence-corrected chi connectivity index (χ2v) is 5.58. The second kappa shape index (κ2) is 4.36. The van der Waals surface area contributed by atoms with Gasteiger partial charge in [0.2, 0.25) is 0 Å². The van der Waals surface area contributed by atoms with Crippen LogP contribution >= 0.6 is 10.7 Å². The molecule has 0 spiro atoms. The highest BCUT2D eigenvalue weighted by molar-refractivity contribution is 8.13. The van der Waals surface area contributed by atoms with Crippen molar-refractivity contribution >= 4 is 19.7 Å². The van der Waals surface area contributed by atoms with Crippen molar-refractivity contribution in [1.29, 1.82) is 5.26 Å². The molecule has 0 aliphatic rings. The molecular formula is C9H6ClF2NO2S. The average molecular weight is 266 g/mol. The molecule has 0 saturated carbocycles. The first-order valence-electron chi connectivity index (χ1n) is 4.05. The van der Waals surface area contributed by atoms with Crippen LogP contribution < -0.4 is 0 Å². The maximum atomic E-state index is 12.4. The first-order chi connectivity index (χ1) is 7.27. The lowest BCUT2D eigenvalue weighted by Crippen LogP contribution is -2.00. The van der Waals surface area contributed by atoms with Crippen molar-refractivity contribution in [2.45, 2.75) is 18.2 Å². The fourth-order valence-corrected chi connectivity index (χ4v) is 2.44. The SMILES string of the molecule is Cc1c(C#N)cc(C(F)F)cc1S(=O)(=O)Cl. The fraction of sp³-hybridized carbons (Fsp3) is 0.222. The van der Waals surface area contributed by atoms with Crippen LogP contribution in [0, 0.1) is 18.3 Å². The normalized spacial score (nSPS) is 11.5. The van der Waals surface area contributed by atoms with Crippen LogP contribution in [0.3, 0.4) is 0 Å². The van der Waals surface area contributed by atoms with Crippen molar-refractivity contribution < 1.29 is 17.2 Å². The van der Waals surface area contributed by atoms with Crippen molar-refractivity contribution in [3.63, 3.8) is 0 Å². The van der Waals surface area contributed by atoms with E-state index in [0.29, 0.717) is 0 Å². The van der Waals surface area contributed by atoms with Crippen molar-refractivity contribution in [2.75, 3.05) is 0 Å². The Kier molecular flexibility index (Phi) is 3.51. The number of hydrogen-bond acceptors (Lipinski definition) is 3. The van der Waals surface area contributed by atoms with Gasteiger partial charge in [0.1, 0.15) is 0 Å². The summed E-state index contributed by atoms with van der Waals surface area (Å²) in [6.07, 6.45) is -2.86. The summed E-state index contributed by atoms with van der Waals surface area (Å²) in [4.78, 5) is -0.455. The van der Waals surface area contributed by atoms with Gasteiger partial charge in [0.25, 0.3) is 15.5 Å². The molecule has 0 bridgehead atoms. The van der Waals surface area contributed by atoms with Crippen LogP contribution in [0.1, 0.15) is 23.1 Å². The molecular weight excluding hydrogens is 260 g/mol. The van der Waals surface area contributed by atoms with Gasteiger partial charge in [-0.25, -0.2) is 17.2 Å². The molecule has 1 rings (SSSR count). The van der Waals surface area contributed by atoms with E-state index < -0.39 is 25.9 Å². The van der Waals surface area contributed by atoms with Gasteiger partial charge in [0, 0.05) is 16.2 Å². The molecule has 86 valence electrons. The van der Waals surface area contributed by atoms with Crippen molar-refractivity contribution in [2.24, 2.45) is 0 Å². The minimum absolute atomic E-state index is 0.0712. The van der Waals surface area contributed by atoms with E-state index in [-0.39, 0.29) is 11.1 Å². The number of halogens is 3. The highest BCUT2D eigenvalue weighted by Gasteiger charge is 2.20. The summed E-state index contributed by atoms with van der Waals surface area (Å²) in [5.74, 6) is 0. The molecule has 0 aromatic heterocycles. The smallest absolute Gasteiger partial charge is 0.207 e. The van der Waals surface area contributed by atoms with Crippen LogP contribution in [0.25, 0.3) is 0 Å². The molecule has 0 radical (unpaired) electrons. The lowest BCUT2D eigenvalue weighted by atomic mass is 10.1. The van der Waals surface area contributed by atoms with Crippen LogP contribution in [0.2, 0.25) is 0 Å². The van der Waals surface area contributed by atoms with E-state index in [1.165, 1.54) is 6.92 Å². The summed E-state index contributed by atoms with van der Waals surface area (Å²) in [5, 5.41) is 8.68. The van der Waals surface area contributed by atoms with Crippen molar-refractivity contribution in [1.82, 2.24) is 0 Å². The zero-order valence-corrected chi connectivity index (χ0v) is 9.61. The standard InChI is InChI=1S/C9H6ClF2NO2S/c1-5-7(4-13)2-6(9(11)12)3-8(5)16(10,14)15/h2-3,9H,1H3. The number of hydrogen-bond donors (Lipinski definition) is 0. The van der Waals surface area contributed by atoms with Gasteiger partial charge in [-0.05, 0) is 24.6 Å². The summed E-state index contributed by atoms with van der Waals surface area (Å²) in [5.41, 5.74) is -0.597. The van der Waals surface area contributed by atoms with Gasteiger partial charge in [-0.3, -0.25) is 0 Å². The van der Waals surface area contributed by atoms with Crippen LogP contribution in [0.4, 0.5) is 8.78 Å². The summed E-state index contributed by atoms with van der Waals surface area (Å²) < 4.78 is 47.1. The van der Waals surface area contributed by atoms with Crippen molar-refractivity contribution in [3.8, 4) is 6.07 Å². The topological polar surface area (TPSA) is 57.9 Å².